The van der Waals surface area contributed by atoms with Crippen LogP contribution in [0.15, 0.2) is 78.9 Å². The van der Waals surface area contributed by atoms with Crippen LogP contribution in [0.2, 0.25) is 0 Å². The van der Waals surface area contributed by atoms with E-state index in [2.05, 4.69) is 105 Å². The van der Waals surface area contributed by atoms with E-state index < -0.39 is 0 Å². The maximum atomic E-state index is 3.57. The van der Waals surface area contributed by atoms with Crippen LogP contribution >= 0.6 is 0 Å². The molecule has 0 heterocycles. The van der Waals surface area contributed by atoms with E-state index in [-0.39, 0.29) is 0 Å². The van der Waals surface area contributed by atoms with Crippen molar-refractivity contribution in [2.24, 2.45) is 5.92 Å². The van der Waals surface area contributed by atoms with Gasteiger partial charge in [-0.3, -0.25) is 0 Å². The molecule has 164 valence electrons. The van der Waals surface area contributed by atoms with E-state index in [1.54, 1.807) is 0 Å². The minimum Gasteiger partial charge on any atom is -0.314 e. The zero-order chi connectivity index (χ0) is 21.9. The molecule has 0 saturated heterocycles. The number of nitrogens with one attached hydrogen (secondary N) is 1. The Hall–Kier alpha value is -2.38. The molecule has 0 bridgehead atoms. The summed E-state index contributed by atoms with van der Waals surface area (Å²) < 4.78 is 0. The highest BCUT2D eigenvalue weighted by Crippen LogP contribution is 2.20. The van der Waals surface area contributed by atoms with Crippen LogP contribution in [0, 0.1) is 5.92 Å². The van der Waals surface area contributed by atoms with Crippen molar-refractivity contribution in [2.45, 2.75) is 65.3 Å². The normalized spacial score (nSPS) is 12.3. The van der Waals surface area contributed by atoms with Gasteiger partial charge in [-0.25, -0.2) is 0 Å². The largest absolute Gasteiger partial charge is 0.314 e. The molecule has 1 atom stereocenters. The number of aryl methyl sites for hydroxylation is 5. The van der Waals surface area contributed by atoms with E-state index in [0.29, 0.717) is 12.0 Å². The fraction of sp³-hybridized carbons (Fsp3) is 0.400. The molecule has 0 aliphatic carbocycles. The molecule has 0 spiro atoms. The van der Waals surface area contributed by atoms with Crippen molar-refractivity contribution >= 4 is 0 Å². The fourth-order valence-corrected chi connectivity index (χ4v) is 4.11. The standard InChI is InChI=1S/C30H39N/c1-24(2)31-23-25(3)14-15-28-18-20-29(19-16-26-10-6-4-7-11-26)30(22-28)21-17-27-12-8-5-9-13-27/h4-13,18,20,22,24-25,31H,14-17,19,21,23H2,1-3H3. The predicted octanol–water partition coefficient (Wildman–Crippen LogP) is 6.82. The lowest BCUT2D eigenvalue weighted by atomic mass is 9.92. The highest BCUT2D eigenvalue weighted by atomic mass is 14.9. The molecular weight excluding hydrogens is 374 g/mol. The van der Waals surface area contributed by atoms with Crippen LogP contribution in [0.3, 0.4) is 0 Å². The van der Waals surface area contributed by atoms with E-state index in [9.17, 15) is 0 Å². The van der Waals surface area contributed by atoms with Gasteiger partial charge in [-0.15, -0.1) is 0 Å². The van der Waals surface area contributed by atoms with Crippen molar-refractivity contribution in [3.63, 3.8) is 0 Å². The molecule has 0 aromatic heterocycles. The Bertz CT molecular complexity index is 883. The number of rotatable bonds is 12. The van der Waals surface area contributed by atoms with Crippen molar-refractivity contribution in [3.8, 4) is 0 Å². The zero-order valence-electron chi connectivity index (χ0n) is 19.6. The maximum Gasteiger partial charge on any atom is 0.00104 e. The topological polar surface area (TPSA) is 12.0 Å². The lowest BCUT2D eigenvalue weighted by molar-refractivity contribution is 0.454. The Morgan fingerprint density at radius 2 is 1.16 bits per heavy atom. The van der Waals surface area contributed by atoms with Gasteiger partial charge in [0.1, 0.15) is 0 Å². The van der Waals surface area contributed by atoms with E-state index in [4.69, 9.17) is 0 Å². The van der Waals surface area contributed by atoms with Crippen LogP contribution in [-0.4, -0.2) is 12.6 Å². The molecule has 1 heteroatoms. The van der Waals surface area contributed by atoms with Crippen molar-refractivity contribution < 1.29 is 0 Å². The SMILES string of the molecule is CC(CCc1ccc(CCc2ccccc2)c(CCc2ccccc2)c1)CNC(C)C. The van der Waals surface area contributed by atoms with Gasteiger partial charge in [0, 0.05) is 6.04 Å². The summed E-state index contributed by atoms with van der Waals surface area (Å²) in [5.41, 5.74) is 7.38. The molecule has 3 aromatic carbocycles. The smallest absolute Gasteiger partial charge is 0.00104 e. The zero-order valence-corrected chi connectivity index (χ0v) is 19.6. The van der Waals surface area contributed by atoms with Crippen LogP contribution in [0.1, 0.15) is 55.0 Å². The minimum absolute atomic E-state index is 0.566. The molecule has 0 saturated carbocycles. The summed E-state index contributed by atoms with van der Waals surface area (Å²) in [7, 11) is 0. The fourth-order valence-electron chi connectivity index (χ4n) is 4.11. The first-order chi connectivity index (χ1) is 15.1. The lowest BCUT2D eigenvalue weighted by Gasteiger charge is -2.16. The Morgan fingerprint density at radius 3 is 1.74 bits per heavy atom. The van der Waals surface area contributed by atoms with Gasteiger partial charge in [0.05, 0.1) is 0 Å². The van der Waals surface area contributed by atoms with Crippen molar-refractivity contribution in [3.05, 3.63) is 107 Å². The number of hydrogen-bond donors (Lipinski definition) is 1. The van der Waals surface area contributed by atoms with Crippen LogP contribution in [0.4, 0.5) is 0 Å². The molecule has 1 unspecified atom stereocenters. The Balaban J connectivity index is 1.66. The quantitative estimate of drug-likeness (QED) is 0.343. The molecule has 1 N–H and O–H groups in total. The van der Waals surface area contributed by atoms with Crippen molar-refractivity contribution in [1.82, 2.24) is 5.32 Å². The van der Waals surface area contributed by atoms with E-state index in [1.807, 2.05) is 0 Å². The first-order valence-corrected chi connectivity index (χ1v) is 12.0. The summed E-state index contributed by atoms with van der Waals surface area (Å²) in [4.78, 5) is 0. The summed E-state index contributed by atoms with van der Waals surface area (Å²) in [6, 6.07) is 29.6. The second-order valence-corrected chi connectivity index (χ2v) is 9.28. The molecule has 31 heavy (non-hydrogen) atoms. The Labute approximate surface area is 189 Å². The minimum atomic E-state index is 0.566. The van der Waals surface area contributed by atoms with Gasteiger partial charge in [0.15, 0.2) is 0 Å². The first kappa shape index (κ1) is 23.3. The van der Waals surface area contributed by atoms with Gasteiger partial charge < -0.3 is 5.32 Å². The highest BCUT2D eigenvalue weighted by Gasteiger charge is 2.08. The molecular formula is C30H39N. The average Bonchev–Trinajstić information content (AvgIpc) is 2.80. The Morgan fingerprint density at radius 1 is 0.581 bits per heavy atom. The van der Waals surface area contributed by atoms with Gasteiger partial charge in [-0.05, 0) is 78.8 Å². The van der Waals surface area contributed by atoms with Crippen LogP contribution in [-0.2, 0) is 32.1 Å². The third kappa shape index (κ3) is 8.34. The van der Waals surface area contributed by atoms with Crippen molar-refractivity contribution in [1.29, 1.82) is 0 Å². The van der Waals surface area contributed by atoms with Crippen LogP contribution in [0.5, 0.6) is 0 Å². The third-order valence-corrected chi connectivity index (χ3v) is 6.12. The lowest BCUT2D eigenvalue weighted by Crippen LogP contribution is -2.28. The van der Waals surface area contributed by atoms with E-state index in [1.165, 1.54) is 34.2 Å². The summed E-state index contributed by atoms with van der Waals surface area (Å²) in [6.07, 6.45) is 6.85. The van der Waals surface area contributed by atoms with Crippen LogP contribution in [0.25, 0.3) is 0 Å². The summed E-state index contributed by atoms with van der Waals surface area (Å²) in [6.45, 7) is 7.91. The molecule has 3 aromatic rings. The highest BCUT2D eigenvalue weighted by molar-refractivity contribution is 5.34. The molecule has 3 rings (SSSR count). The molecule has 0 amide bonds. The molecule has 0 radical (unpaired) electrons. The molecule has 0 aliphatic rings. The predicted molar refractivity (Wildman–Crippen MR) is 135 cm³/mol. The molecule has 0 fully saturated rings. The van der Waals surface area contributed by atoms with Gasteiger partial charge in [0.2, 0.25) is 0 Å². The van der Waals surface area contributed by atoms with Crippen LogP contribution < -0.4 is 5.32 Å². The molecule has 1 nitrogen and oxygen atoms in total. The Kier molecular flexibility index (Phi) is 9.37. The number of hydrogen-bond acceptors (Lipinski definition) is 1. The first-order valence-electron chi connectivity index (χ1n) is 12.0. The number of benzene rings is 3. The van der Waals surface area contributed by atoms with Gasteiger partial charge in [0.25, 0.3) is 0 Å². The van der Waals surface area contributed by atoms with Gasteiger partial charge in [-0.2, -0.15) is 0 Å². The third-order valence-electron chi connectivity index (χ3n) is 6.12. The molecule has 0 aliphatic heterocycles. The average molecular weight is 414 g/mol. The second-order valence-electron chi connectivity index (χ2n) is 9.28. The van der Waals surface area contributed by atoms with Gasteiger partial charge in [-0.1, -0.05) is 99.6 Å². The van der Waals surface area contributed by atoms with Crippen molar-refractivity contribution in [2.75, 3.05) is 6.54 Å². The van der Waals surface area contributed by atoms with Gasteiger partial charge >= 0.3 is 0 Å². The summed E-state index contributed by atoms with van der Waals surface area (Å²) >= 11 is 0. The second kappa shape index (κ2) is 12.5. The van der Waals surface area contributed by atoms with E-state index in [0.717, 1.165) is 38.6 Å². The maximum absolute atomic E-state index is 3.57. The summed E-state index contributed by atoms with van der Waals surface area (Å²) in [5, 5.41) is 3.57. The monoisotopic (exact) mass is 413 g/mol. The summed E-state index contributed by atoms with van der Waals surface area (Å²) in [5.74, 6) is 0.702. The van der Waals surface area contributed by atoms with E-state index >= 15 is 0 Å².